The number of amides is 2. The van der Waals surface area contributed by atoms with E-state index in [0.29, 0.717) is 26.2 Å². The van der Waals surface area contributed by atoms with Crippen LogP contribution < -0.4 is 5.32 Å². The lowest BCUT2D eigenvalue weighted by atomic mass is 10.1. The minimum absolute atomic E-state index is 0.0780. The summed E-state index contributed by atoms with van der Waals surface area (Å²) < 4.78 is 0. The number of carbonyl (C=O) groups excluding carboxylic acids is 2. The van der Waals surface area contributed by atoms with Crippen LogP contribution in [0.5, 0.6) is 0 Å². The van der Waals surface area contributed by atoms with Crippen LogP contribution in [0.3, 0.4) is 0 Å². The third-order valence-electron chi connectivity index (χ3n) is 4.91. The Morgan fingerprint density at radius 1 is 1.00 bits per heavy atom. The van der Waals surface area contributed by atoms with E-state index < -0.39 is 0 Å². The van der Waals surface area contributed by atoms with E-state index in [9.17, 15) is 9.59 Å². The van der Waals surface area contributed by atoms with Gasteiger partial charge in [0.1, 0.15) is 0 Å². The highest BCUT2D eigenvalue weighted by molar-refractivity contribution is 5.78. The topological polar surface area (TPSA) is 55.9 Å². The van der Waals surface area contributed by atoms with Gasteiger partial charge in [0.25, 0.3) is 0 Å². The Morgan fingerprint density at radius 2 is 1.59 bits per heavy atom. The molecule has 27 heavy (non-hydrogen) atoms. The molecule has 1 aliphatic heterocycles. The molecule has 1 aromatic carbocycles. The predicted octanol–water partition coefficient (Wildman–Crippen LogP) is 1.49. The number of nitrogens with one attached hydrogen (secondary N) is 1. The lowest BCUT2D eigenvalue weighted by Crippen LogP contribution is -2.52. The zero-order valence-corrected chi connectivity index (χ0v) is 17.0. The zero-order chi connectivity index (χ0) is 19.6. The summed E-state index contributed by atoms with van der Waals surface area (Å²) in [7, 11) is 0. The second-order valence-electron chi connectivity index (χ2n) is 7.31. The average molecular weight is 375 g/mol. The number of hydrogen-bond donors (Lipinski definition) is 1. The van der Waals surface area contributed by atoms with Crippen molar-refractivity contribution in [2.24, 2.45) is 0 Å². The van der Waals surface area contributed by atoms with E-state index in [1.165, 1.54) is 11.1 Å². The molecule has 0 aliphatic carbocycles. The van der Waals surface area contributed by atoms with Gasteiger partial charge in [-0.2, -0.15) is 0 Å². The molecule has 0 spiro atoms. The van der Waals surface area contributed by atoms with Crippen molar-refractivity contribution in [1.29, 1.82) is 0 Å². The molecule has 150 valence electrons. The van der Waals surface area contributed by atoms with E-state index in [-0.39, 0.29) is 11.8 Å². The van der Waals surface area contributed by atoms with Gasteiger partial charge >= 0.3 is 0 Å². The first-order valence-electron chi connectivity index (χ1n) is 10.1. The first kappa shape index (κ1) is 21.4. The van der Waals surface area contributed by atoms with Gasteiger partial charge in [0.05, 0.1) is 13.1 Å². The predicted molar refractivity (Wildman–Crippen MR) is 108 cm³/mol. The Kier molecular flexibility index (Phi) is 8.75. The number of nitrogens with zero attached hydrogens (tertiary/aromatic N) is 3. The summed E-state index contributed by atoms with van der Waals surface area (Å²) in [5.41, 5.74) is 2.41. The standard InChI is InChI=1S/C21H34N4O2/c1-4-10-25(15-19-8-6-18(3)7-9-19)21(27)17-24-13-11-23(12-14-24)16-20(26)22-5-2/h6-9H,4-5,10-17H2,1-3H3,(H,22,26). The average Bonchev–Trinajstić information content (AvgIpc) is 2.65. The molecule has 1 N–H and O–H groups in total. The Bertz CT molecular complexity index is 595. The number of likely N-dealkylation sites (N-methyl/N-ethyl adjacent to an activating group) is 1. The number of piperazine rings is 1. The number of carbonyl (C=O) groups is 2. The van der Waals surface area contributed by atoms with Crippen molar-refractivity contribution < 1.29 is 9.59 Å². The molecule has 1 heterocycles. The number of rotatable bonds is 9. The van der Waals surface area contributed by atoms with Crippen LogP contribution >= 0.6 is 0 Å². The van der Waals surface area contributed by atoms with Crippen molar-refractivity contribution in [2.75, 3.05) is 52.4 Å². The third kappa shape index (κ3) is 7.31. The normalized spacial score (nSPS) is 15.5. The maximum Gasteiger partial charge on any atom is 0.237 e. The number of benzene rings is 1. The molecule has 6 heteroatoms. The molecule has 1 aromatic rings. The number of hydrogen-bond acceptors (Lipinski definition) is 4. The van der Waals surface area contributed by atoms with E-state index >= 15 is 0 Å². The minimum atomic E-state index is 0.0780. The summed E-state index contributed by atoms with van der Waals surface area (Å²) in [6.45, 7) is 12.5. The van der Waals surface area contributed by atoms with Crippen molar-refractivity contribution in [2.45, 2.75) is 33.7 Å². The quantitative estimate of drug-likeness (QED) is 0.712. The van der Waals surface area contributed by atoms with Gasteiger partial charge in [-0.25, -0.2) is 0 Å². The maximum absolute atomic E-state index is 12.8. The second-order valence-corrected chi connectivity index (χ2v) is 7.31. The smallest absolute Gasteiger partial charge is 0.237 e. The molecule has 1 aliphatic rings. The highest BCUT2D eigenvalue weighted by Crippen LogP contribution is 2.09. The van der Waals surface area contributed by atoms with Crippen LogP contribution in [-0.2, 0) is 16.1 Å². The molecule has 0 atom stereocenters. The van der Waals surface area contributed by atoms with Crippen LogP contribution in [0.15, 0.2) is 24.3 Å². The first-order valence-corrected chi connectivity index (χ1v) is 10.1. The summed E-state index contributed by atoms with van der Waals surface area (Å²) in [6, 6.07) is 8.40. The Hall–Kier alpha value is -1.92. The van der Waals surface area contributed by atoms with E-state index in [2.05, 4.69) is 53.2 Å². The fraction of sp³-hybridized carbons (Fsp3) is 0.619. The highest BCUT2D eigenvalue weighted by atomic mass is 16.2. The lowest BCUT2D eigenvalue weighted by Gasteiger charge is -2.35. The molecule has 0 radical (unpaired) electrons. The van der Waals surface area contributed by atoms with Gasteiger partial charge in [-0.15, -0.1) is 0 Å². The van der Waals surface area contributed by atoms with E-state index in [1.54, 1.807) is 0 Å². The van der Waals surface area contributed by atoms with Gasteiger partial charge in [0, 0.05) is 45.8 Å². The molecule has 0 bridgehead atoms. The van der Waals surface area contributed by atoms with Crippen LogP contribution in [0.25, 0.3) is 0 Å². The molecule has 0 aromatic heterocycles. The van der Waals surface area contributed by atoms with Crippen LogP contribution in [0.4, 0.5) is 0 Å². The second kappa shape index (κ2) is 11.0. The fourth-order valence-electron chi connectivity index (χ4n) is 3.33. The SMILES string of the molecule is CCCN(Cc1ccc(C)cc1)C(=O)CN1CCN(CC(=O)NCC)CC1. The molecule has 2 rings (SSSR count). The molecule has 0 saturated carbocycles. The maximum atomic E-state index is 12.8. The van der Waals surface area contributed by atoms with Crippen molar-refractivity contribution in [3.05, 3.63) is 35.4 Å². The van der Waals surface area contributed by atoms with Crippen LogP contribution in [-0.4, -0.2) is 78.9 Å². The van der Waals surface area contributed by atoms with Gasteiger partial charge in [0.15, 0.2) is 0 Å². The van der Waals surface area contributed by atoms with Gasteiger partial charge in [-0.05, 0) is 25.8 Å². The number of aryl methyl sites for hydroxylation is 1. The van der Waals surface area contributed by atoms with Gasteiger partial charge < -0.3 is 10.2 Å². The van der Waals surface area contributed by atoms with Crippen molar-refractivity contribution in [3.63, 3.8) is 0 Å². The molecule has 1 saturated heterocycles. The molecular weight excluding hydrogens is 340 g/mol. The Morgan fingerprint density at radius 3 is 2.15 bits per heavy atom. The third-order valence-corrected chi connectivity index (χ3v) is 4.91. The van der Waals surface area contributed by atoms with Gasteiger partial charge in [0.2, 0.25) is 11.8 Å². The molecular formula is C21H34N4O2. The molecule has 0 unspecified atom stereocenters. The first-order chi connectivity index (χ1) is 13.0. The summed E-state index contributed by atoms with van der Waals surface area (Å²) in [6.07, 6.45) is 0.956. The monoisotopic (exact) mass is 374 g/mol. The van der Waals surface area contributed by atoms with Gasteiger partial charge in [-0.1, -0.05) is 36.8 Å². The molecule has 1 fully saturated rings. The summed E-state index contributed by atoms with van der Waals surface area (Å²) in [5.74, 6) is 0.267. The van der Waals surface area contributed by atoms with Crippen molar-refractivity contribution in [1.82, 2.24) is 20.0 Å². The van der Waals surface area contributed by atoms with E-state index in [4.69, 9.17) is 0 Å². The lowest BCUT2D eigenvalue weighted by molar-refractivity contribution is -0.134. The fourth-order valence-corrected chi connectivity index (χ4v) is 3.33. The van der Waals surface area contributed by atoms with Crippen LogP contribution in [0, 0.1) is 6.92 Å². The van der Waals surface area contributed by atoms with E-state index in [1.807, 2.05) is 11.8 Å². The Balaban J connectivity index is 1.81. The Labute approximate surface area is 163 Å². The zero-order valence-electron chi connectivity index (χ0n) is 17.0. The van der Waals surface area contributed by atoms with Crippen molar-refractivity contribution in [3.8, 4) is 0 Å². The highest BCUT2D eigenvalue weighted by Gasteiger charge is 2.22. The summed E-state index contributed by atoms with van der Waals surface area (Å²) in [4.78, 5) is 30.8. The molecule has 2 amide bonds. The van der Waals surface area contributed by atoms with Crippen LogP contribution in [0.2, 0.25) is 0 Å². The summed E-state index contributed by atoms with van der Waals surface area (Å²) >= 11 is 0. The molecule has 6 nitrogen and oxygen atoms in total. The largest absolute Gasteiger partial charge is 0.355 e. The van der Waals surface area contributed by atoms with Crippen LogP contribution in [0.1, 0.15) is 31.4 Å². The van der Waals surface area contributed by atoms with Gasteiger partial charge in [-0.3, -0.25) is 19.4 Å². The summed E-state index contributed by atoms with van der Waals surface area (Å²) in [5, 5.41) is 2.84. The van der Waals surface area contributed by atoms with E-state index in [0.717, 1.165) is 39.1 Å². The minimum Gasteiger partial charge on any atom is -0.355 e. The van der Waals surface area contributed by atoms with Crippen molar-refractivity contribution >= 4 is 11.8 Å².